The van der Waals surface area contributed by atoms with Crippen LogP contribution in [0, 0.1) is 6.92 Å². The summed E-state index contributed by atoms with van der Waals surface area (Å²) in [5.41, 5.74) is 0.681. The summed E-state index contributed by atoms with van der Waals surface area (Å²) < 4.78 is 0. The molecule has 0 fully saturated rings. The Morgan fingerprint density at radius 2 is 2.30 bits per heavy atom. The Morgan fingerprint density at radius 3 is 3.00 bits per heavy atom. The van der Waals surface area contributed by atoms with Gasteiger partial charge < -0.3 is 15.4 Å². The molecule has 3 heterocycles. The summed E-state index contributed by atoms with van der Waals surface area (Å²) in [5, 5.41) is 13.1. The number of carboxylic acids is 1. The number of aromatic carboxylic acids is 1. The summed E-state index contributed by atoms with van der Waals surface area (Å²) in [6, 6.07) is 0. The van der Waals surface area contributed by atoms with E-state index in [-0.39, 0.29) is 0 Å². The molecule has 0 saturated heterocycles. The summed E-state index contributed by atoms with van der Waals surface area (Å²) in [6.45, 7) is 2.25. The lowest BCUT2D eigenvalue weighted by Crippen LogP contribution is -2.04. The molecule has 0 unspecified atom stereocenters. The van der Waals surface area contributed by atoms with E-state index in [1.807, 2.05) is 0 Å². The average molecular weight is 289 g/mol. The van der Waals surface area contributed by atoms with Crippen molar-refractivity contribution in [3.63, 3.8) is 0 Å². The molecule has 0 saturated carbocycles. The van der Waals surface area contributed by atoms with Crippen LogP contribution in [0.4, 0.5) is 5.82 Å². The van der Waals surface area contributed by atoms with Gasteiger partial charge in [0.05, 0.1) is 11.9 Å². The predicted octanol–water partition coefficient (Wildman–Crippen LogP) is 2.03. The second-order valence-corrected chi connectivity index (χ2v) is 5.15. The number of nitrogens with one attached hydrogen (secondary N) is 2. The van der Waals surface area contributed by atoms with Crippen molar-refractivity contribution >= 4 is 33.3 Å². The minimum absolute atomic E-state index is 0.293. The molecule has 7 nitrogen and oxygen atoms in total. The lowest BCUT2D eigenvalue weighted by atomic mass is 10.2. The smallest absolute Gasteiger partial charge is 0.346 e. The van der Waals surface area contributed by atoms with Crippen LogP contribution in [-0.4, -0.2) is 31.0 Å². The van der Waals surface area contributed by atoms with Gasteiger partial charge in [-0.1, -0.05) is 0 Å². The van der Waals surface area contributed by atoms with Crippen LogP contribution in [0.5, 0.6) is 0 Å². The maximum absolute atomic E-state index is 11.2. The number of aromatic amines is 1. The number of hydrogen-bond donors (Lipinski definition) is 3. The number of H-pyrrole nitrogens is 1. The van der Waals surface area contributed by atoms with Crippen molar-refractivity contribution in [2.75, 3.05) is 5.32 Å². The van der Waals surface area contributed by atoms with E-state index in [9.17, 15) is 4.79 Å². The van der Waals surface area contributed by atoms with Crippen LogP contribution in [-0.2, 0) is 6.54 Å². The number of anilines is 1. The molecule has 0 aliphatic rings. The zero-order valence-corrected chi connectivity index (χ0v) is 11.4. The SMILES string of the molecule is Cc1c(C(=O)O)sc2ncnc(NCc3ncc[nH]3)c12. The fraction of sp³-hybridized carbons (Fsp3) is 0.167. The summed E-state index contributed by atoms with van der Waals surface area (Å²) in [4.78, 5) is 27.6. The summed E-state index contributed by atoms with van der Waals surface area (Å²) >= 11 is 1.16. The molecule has 0 aliphatic carbocycles. The molecule has 8 heteroatoms. The zero-order chi connectivity index (χ0) is 14.1. The molecule has 0 aliphatic heterocycles. The monoisotopic (exact) mass is 289 g/mol. The first kappa shape index (κ1) is 12.5. The van der Waals surface area contributed by atoms with Gasteiger partial charge in [0, 0.05) is 12.4 Å². The highest BCUT2D eigenvalue weighted by Gasteiger charge is 2.18. The third-order valence-electron chi connectivity index (χ3n) is 2.90. The molecule has 0 spiro atoms. The van der Waals surface area contributed by atoms with Gasteiger partial charge in [0.2, 0.25) is 0 Å². The lowest BCUT2D eigenvalue weighted by Gasteiger charge is -2.05. The summed E-state index contributed by atoms with van der Waals surface area (Å²) in [6.07, 6.45) is 4.84. The molecule has 0 amide bonds. The first-order valence-electron chi connectivity index (χ1n) is 5.86. The Bertz CT molecular complexity index is 766. The molecular formula is C12H11N5O2S. The Balaban J connectivity index is 2.00. The first-order chi connectivity index (χ1) is 9.66. The van der Waals surface area contributed by atoms with E-state index in [0.29, 0.717) is 27.6 Å². The Hall–Kier alpha value is -2.48. The summed E-state index contributed by atoms with van der Waals surface area (Å²) in [7, 11) is 0. The number of aryl methyl sites for hydroxylation is 1. The topological polar surface area (TPSA) is 104 Å². The van der Waals surface area contributed by atoms with E-state index in [2.05, 4.69) is 25.3 Å². The maximum Gasteiger partial charge on any atom is 0.346 e. The third kappa shape index (κ3) is 2.10. The highest BCUT2D eigenvalue weighted by molar-refractivity contribution is 7.20. The van der Waals surface area contributed by atoms with Gasteiger partial charge in [-0.15, -0.1) is 11.3 Å². The van der Waals surface area contributed by atoms with Crippen molar-refractivity contribution in [1.82, 2.24) is 19.9 Å². The van der Waals surface area contributed by atoms with Crippen LogP contribution in [0.25, 0.3) is 10.2 Å². The normalized spacial score (nSPS) is 10.8. The Kier molecular flexibility index (Phi) is 3.07. The molecule has 3 aromatic heterocycles. The molecule has 3 N–H and O–H groups in total. The first-order valence-corrected chi connectivity index (χ1v) is 6.68. The number of thiophene rings is 1. The molecule has 0 radical (unpaired) electrons. The van der Waals surface area contributed by atoms with Crippen LogP contribution < -0.4 is 5.32 Å². The van der Waals surface area contributed by atoms with E-state index in [1.165, 1.54) is 6.33 Å². The van der Waals surface area contributed by atoms with E-state index in [4.69, 9.17) is 5.11 Å². The zero-order valence-electron chi connectivity index (χ0n) is 10.5. The Morgan fingerprint density at radius 1 is 1.45 bits per heavy atom. The van der Waals surface area contributed by atoms with Crippen LogP contribution in [0.2, 0.25) is 0 Å². The molecule has 20 heavy (non-hydrogen) atoms. The van der Waals surface area contributed by atoms with Crippen molar-refractivity contribution in [3.8, 4) is 0 Å². The fourth-order valence-electron chi connectivity index (χ4n) is 1.97. The minimum Gasteiger partial charge on any atom is -0.477 e. The lowest BCUT2D eigenvalue weighted by molar-refractivity contribution is 0.0701. The van der Waals surface area contributed by atoms with Crippen LogP contribution in [0.3, 0.4) is 0 Å². The van der Waals surface area contributed by atoms with Crippen molar-refractivity contribution in [2.24, 2.45) is 0 Å². The molecule has 0 aromatic carbocycles. The second kappa shape index (κ2) is 4.89. The third-order valence-corrected chi connectivity index (χ3v) is 4.09. The van der Waals surface area contributed by atoms with Crippen LogP contribution >= 0.6 is 11.3 Å². The van der Waals surface area contributed by atoms with Gasteiger partial charge in [0.25, 0.3) is 0 Å². The number of nitrogens with zero attached hydrogens (tertiary/aromatic N) is 3. The number of carbonyl (C=O) groups is 1. The van der Waals surface area contributed by atoms with Crippen molar-refractivity contribution in [3.05, 3.63) is 35.0 Å². The highest BCUT2D eigenvalue weighted by Crippen LogP contribution is 2.33. The van der Waals surface area contributed by atoms with Gasteiger partial charge in [-0.05, 0) is 12.5 Å². The largest absolute Gasteiger partial charge is 0.477 e. The van der Waals surface area contributed by atoms with Gasteiger partial charge in [0.15, 0.2) is 0 Å². The number of fused-ring (bicyclic) bond motifs is 1. The molecule has 3 rings (SSSR count). The summed E-state index contributed by atoms with van der Waals surface area (Å²) in [5.74, 6) is 0.457. The van der Waals surface area contributed by atoms with Crippen LogP contribution in [0.1, 0.15) is 21.1 Å². The van der Waals surface area contributed by atoms with Crippen molar-refractivity contribution in [1.29, 1.82) is 0 Å². The van der Waals surface area contributed by atoms with Gasteiger partial charge in [-0.2, -0.15) is 0 Å². The number of carboxylic acid groups (broad SMARTS) is 1. The molecular weight excluding hydrogens is 278 g/mol. The van der Waals surface area contributed by atoms with Crippen LogP contribution in [0.15, 0.2) is 18.7 Å². The second-order valence-electron chi connectivity index (χ2n) is 4.15. The van der Waals surface area contributed by atoms with Gasteiger partial charge in [0.1, 0.15) is 27.7 Å². The number of imidazole rings is 1. The average Bonchev–Trinajstić information content (AvgIpc) is 3.05. The van der Waals surface area contributed by atoms with Gasteiger partial charge in [-0.25, -0.2) is 19.7 Å². The number of hydrogen-bond acceptors (Lipinski definition) is 6. The predicted molar refractivity (Wildman–Crippen MR) is 75.0 cm³/mol. The number of aromatic nitrogens is 4. The minimum atomic E-state index is -0.942. The number of rotatable bonds is 4. The van der Waals surface area contributed by atoms with E-state index in [0.717, 1.165) is 22.5 Å². The maximum atomic E-state index is 11.2. The van der Waals surface area contributed by atoms with E-state index in [1.54, 1.807) is 19.3 Å². The van der Waals surface area contributed by atoms with E-state index >= 15 is 0 Å². The Labute approximate surface area is 117 Å². The standard InChI is InChI=1S/C12H11N5O2S/c1-6-8-10(15-4-7-13-2-3-14-7)16-5-17-11(8)20-9(6)12(18)19/h2-3,5H,4H2,1H3,(H,13,14)(H,18,19)(H,15,16,17). The molecule has 102 valence electrons. The van der Waals surface area contributed by atoms with Crippen molar-refractivity contribution in [2.45, 2.75) is 13.5 Å². The molecule has 3 aromatic rings. The van der Waals surface area contributed by atoms with Gasteiger partial charge in [-0.3, -0.25) is 0 Å². The molecule has 0 bridgehead atoms. The van der Waals surface area contributed by atoms with Crippen molar-refractivity contribution < 1.29 is 9.90 Å². The quantitative estimate of drug-likeness (QED) is 0.679. The molecule has 0 atom stereocenters. The van der Waals surface area contributed by atoms with E-state index < -0.39 is 5.97 Å². The highest BCUT2D eigenvalue weighted by atomic mass is 32.1. The fourth-order valence-corrected chi connectivity index (χ4v) is 2.96. The van der Waals surface area contributed by atoms with Gasteiger partial charge >= 0.3 is 5.97 Å².